The Bertz CT molecular complexity index is 300. The van der Waals surface area contributed by atoms with Gasteiger partial charge in [0.1, 0.15) is 0 Å². The van der Waals surface area contributed by atoms with E-state index in [1.165, 1.54) is 5.56 Å². The number of rotatable bonds is 5. The molecule has 0 radical (unpaired) electrons. The molecule has 3 heteroatoms. The summed E-state index contributed by atoms with van der Waals surface area (Å²) in [7, 11) is 1.84. The number of hydrogen-bond acceptors (Lipinski definition) is 1. The van der Waals surface area contributed by atoms with E-state index in [0.717, 1.165) is 18.3 Å². The topological polar surface area (TPSA) is 20.3 Å². The van der Waals surface area contributed by atoms with Gasteiger partial charge in [-0.1, -0.05) is 46.3 Å². The fourth-order valence-corrected chi connectivity index (χ4v) is 1.87. The van der Waals surface area contributed by atoms with Crippen LogP contribution >= 0.6 is 15.9 Å². The molecule has 15 heavy (non-hydrogen) atoms. The summed E-state index contributed by atoms with van der Waals surface area (Å²) < 4.78 is 0. The fraction of sp³-hybridized carbons (Fsp3) is 0.417. The zero-order valence-corrected chi connectivity index (χ0v) is 10.5. The van der Waals surface area contributed by atoms with Crippen LogP contribution in [-0.4, -0.2) is 29.7 Å². The van der Waals surface area contributed by atoms with Gasteiger partial charge in [-0.15, -0.1) is 0 Å². The largest absolute Gasteiger partial charge is 0.345 e. The highest BCUT2D eigenvalue weighted by atomic mass is 79.9. The van der Waals surface area contributed by atoms with Crippen LogP contribution in [0.25, 0.3) is 0 Å². The van der Waals surface area contributed by atoms with E-state index in [2.05, 4.69) is 28.1 Å². The van der Waals surface area contributed by atoms with E-state index in [1.807, 2.05) is 25.2 Å². The van der Waals surface area contributed by atoms with Crippen LogP contribution in [0.5, 0.6) is 0 Å². The van der Waals surface area contributed by atoms with Crippen molar-refractivity contribution in [3.05, 3.63) is 35.9 Å². The molecule has 1 aromatic carbocycles. The van der Waals surface area contributed by atoms with Crippen molar-refractivity contribution >= 4 is 21.8 Å². The summed E-state index contributed by atoms with van der Waals surface area (Å²) in [6, 6.07) is 10.1. The van der Waals surface area contributed by atoms with Gasteiger partial charge in [-0.25, -0.2) is 0 Å². The molecular weight excluding hydrogens is 254 g/mol. The van der Waals surface area contributed by atoms with E-state index in [4.69, 9.17) is 0 Å². The van der Waals surface area contributed by atoms with Gasteiger partial charge >= 0.3 is 0 Å². The zero-order chi connectivity index (χ0) is 11.1. The summed E-state index contributed by atoms with van der Waals surface area (Å²) in [4.78, 5) is 13.4. The van der Waals surface area contributed by atoms with Crippen molar-refractivity contribution in [3.8, 4) is 0 Å². The molecule has 2 nitrogen and oxygen atoms in total. The first kappa shape index (κ1) is 12.2. The molecule has 0 aliphatic carbocycles. The zero-order valence-electron chi connectivity index (χ0n) is 8.95. The minimum atomic E-state index is 0.207. The summed E-state index contributed by atoms with van der Waals surface area (Å²) in [6.45, 7) is 0.771. The van der Waals surface area contributed by atoms with Crippen LogP contribution in [0.1, 0.15) is 12.0 Å². The molecule has 0 aliphatic rings. The Morgan fingerprint density at radius 1 is 1.33 bits per heavy atom. The number of carbonyl (C=O) groups excluding carboxylic acids is 1. The maximum atomic E-state index is 11.6. The molecule has 0 heterocycles. The van der Waals surface area contributed by atoms with Gasteiger partial charge in [0.05, 0.1) is 0 Å². The van der Waals surface area contributed by atoms with Crippen LogP contribution in [-0.2, 0) is 11.2 Å². The molecule has 0 saturated heterocycles. The third-order valence-electron chi connectivity index (χ3n) is 2.32. The predicted molar refractivity (Wildman–Crippen MR) is 66.2 cm³/mol. The lowest BCUT2D eigenvalue weighted by Crippen LogP contribution is -2.28. The first-order chi connectivity index (χ1) is 7.24. The van der Waals surface area contributed by atoms with E-state index < -0.39 is 0 Å². The summed E-state index contributed by atoms with van der Waals surface area (Å²) in [5.74, 6) is 0.207. The van der Waals surface area contributed by atoms with Crippen molar-refractivity contribution in [2.24, 2.45) is 0 Å². The van der Waals surface area contributed by atoms with Crippen LogP contribution in [0.4, 0.5) is 0 Å². The number of alkyl halides is 1. The van der Waals surface area contributed by atoms with Crippen molar-refractivity contribution in [1.29, 1.82) is 0 Å². The molecule has 1 rings (SSSR count). The number of carbonyl (C=O) groups is 1. The highest BCUT2D eigenvalue weighted by Crippen LogP contribution is 2.04. The molecule has 0 spiro atoms. The minimum Gasteiger partial charge on any atom is -0.345 e. The van der Waals surface area contributed by atoms with Gasteiger partial charge in [-0.3, -0.25) is 4.79 Å². The van der Waals surface area contributed by atoms with Crippen LogP contribution in [0.2, 0.25) is 0 Å². The summed E-state index contributed by atoms with van der Waals surface area (Å²) in [6.07, 6.45) is 1.42. The van der Waals surface area contributed by atoms with Crippen LogP contribution in [0.3, 0.4) is 0 Å². The number of halogens is 1. The van der Waals surface area contributed by atoms with E-state index >= 15 is 0 Å². The van der Waals surface area contributed by atoms with Crippen molar-refractivity contribution in [3.63, 3.8) is 0 Å². The molecule has 0 N–H and O–H groups in total. The standard InChI is InChI=1S/C12H16BrNO/c1-14(10-9-13)12(15)8-7-11-5-3-2-4-6-11/h2-6H,7-10H2,1H3. The maximum absolute atomic E-state index is 11.6. The maximum Gasteiger partial charge on any atom is 0.222 e. The van der Waals surface area contributed by atoms with Crippen molar-refractivity contribution in [1.82, 2.24) is 4.90 Å². The van der Waals surface area contributed by atoms with Gasteiger partial charge in [0, 0.05) is 25.3 Å². The molecule has 0 aromatic heterocycles. The van der Waals surface area contributed by atoms with E-state index in [0.29, 0.717) is 6.42 Å². The van der Waals surface area contributed by atoms with Gasteiger partial charge in [-0.05, 0) is 12.0 Å². The second-order valence-corrected chi connectivity index (χ2v) is 4.28. The van der Waals surface area contributed by atoms with Crippen molar-refractivity contribution in [2.45, 2.75) is 12.8 Å². The molecule has 0 unspecified atom stereocenters. The summed E-state index contributed by atoms with van der Waals surface area (Å²) in [5, 5.41) is 0.834. The molecule has 1 aromatic rings. The molecule has 0 fully saturated rings. The Morgan fingerprint density at radius 2 is 2.00 bits per heavy atom. The quantitative estimate of drug-likeness (QED) is 0.753. The van der Waals surface area contributed by atoms with Crippen molar-refractivity contribution in [2.75, 3.05) is 18.9 Å². The van der Waals surface area contributed by atoms with Crippen molar-refractivity contribution < 1.29 is 4.79 Å². The third kappa shape index (κ3) is 4.47. The van der Waals surface area contributed by atoms with Crippen LogP contribution < -0.4 is 0 Å². The Morgan fingerprint density at radius 3 is 2.60 bits per heavy atom. The smallest absolute Gasteiger partial charge is 0.222 e. The summed E-state index contributed by atoms with van der Waals surface area (Å²) in [5.41, 5.74) is 1.22. The number of hydrogen-bond donors (Lipinski definition) is 0. The molecular formula is C12H16BrNO. The van der Waals surface area contributed by atoms with Gasteiger partial charge in [-0.2, -0.15) is 0 Å². The number of benzene rings is 1. The van der Waals surface area contributed by atoms with Crippen LogP contribution in [0, 0.1) is 0 Å². The Hall–Kier alpha value is -0.830. The molecule has 0 saturated carbocycles. The number of aryl methyl sites for hydroxylation is 1. The first-order valence-electron chi connectivity index (χ1n) is 5.08. The van der Waals surface area contributed by atoms with Gasteiger partial charge in [0.15, 0.2) is 0 Å². The third-order valence-corrected chi connectivity index (χ3v) is 2.67. The number of nitrogens with zero attached hydrogens (tertiary/aromatic N) is 1. The normalized spacial score (nSPS) is 10.0. The monoisotopic (exact) mass is 269 g/mol. The molecule has 0 aliphatic heterocycles. The Kier molecular flexibility index (Phi) is 5.40. The lowest BCUT2D eigenvalue weighted by molar-refractivity contribution is -0.129. The first-order valence-corrected chi connectivity index (χ1v) is 6.20. The SMILES string of the molecule is CN(CCBr)C(=O)CCc1ccccc1. The Labute approximate surface area is 99.4 Å². The molecule has 0 bridgehead atoms. The van der Waals surface area contributed by atoms with E-state index in [1.54, 1.807) is 4.90 Å². The van der Waals surface area contributed by atoms with E-state index in [9.17, 15) is 4.79 Å². The highest BCUT2D eigenvalue weighted by molar-refractivity contribution is 9.09. The minimum absolute atomic E-state index is 0.207. The molecule has 0 atom stereocenters. The Balaban J connectivity index is 2.34. The molecule has 82 valence electrons. The second-order valence-electron chi connectivity index (χ2n) is 3.49. The van der Waals surface area contributed by atoms with Gasteiger partial charge < -0.3 is 4.90 Å². The van der Waals surface area contributed by atoms with Crippen LogP contribution in [0.15, 0.2) is 30.3 Å². The fourth-order valence-electron chi connectivity index (χ4n) is 1.34. The van der Waals surface area contributed by atoms with Gasteiger partial charge in [0.2, 0.25) is 5.91 Å². The highest BCUT2D eigenvalue weighted by Gasteiger charge is 2.07. The number of amides is 1. The van der Waals surface area contributed by atoms with Gasteiger partial charge in [0.25, 0.3) is 0 Å². The predicted octanol–water partition coefficient (Wildman–Crippen LogP) is 2.47. The average molecular weight is 270 g/mol. The molecule has 1 amide bonds. The summed E-state index contributed by atoms with van der Waals surface area (Å²) >= 11 is 3.32. The lowest BCUT2D eigenvalue weighted by atomic mass is 10.1. The van der Waals surface area contributed by atoms with E-state index in [-0.39, 0.29) is 5.91 Å². The lowest BCUT2D eigenvalue weighted by Gasteiger charge is -2.15. The average Bonchev–Trinajstić information content (AvgIpc) is 2.27. The second kappa shape index (κ2) is 6.62.